The van der Waals surface area contributed by atoms with Crippen LogP contribution in [0, 0.1) is 13.8 Å². The first-order valence-electron chi connectivity index (χ1n) is 7.54. The number of phenolic OH excluding ortho intramolecular Hbond substituents is 1. The topological polar surface area (TPSA) is 58.0 Å². The van der Waals surface area contributed by atoms with Gasteiger partial charge in [0.05, 0.1) is 0 Å². The molecule has 0 bridgehead atoms. The second-order valence-corrected chi connectivity index (χ2v) is 5.66. The molecule has 0 aliphatic heterocycles. The van der Waals surface area contributed by atoms with Crippen molar-refractivity contribution in [2.24, 2.45) is 0 Å². The van der Waals surface area contributed by atoms with E-state index in [2.05, 4.69) is 12.2 Å². The highest BCUT2D eigenvalue weighted by Gasteiger charge is 2.20. The lowest BCUT2D eigenvalue weighted by molar-refractivity contribution is 0.467. The number of phenols is 1. The number of anilines is 1. The van der Waals surface area contributed by atoms with E-state index in [1.165, 1.54) is 11.3 Å². The van der Waals surface area contributed by atoms with Crippen LogP contribution in [0.4, 0.5) is 5.82 Å². The summed E-state index contributed by atoms with van der Waals surface area (Å²) in [4.78, 5) is 9.46. The number of hydrogen-bond acceptors (Lipinski definition) is 4. The fraction of sp³-hybridized carbons (Fsp3) is 0.412. The van der Waals surface area contributed by atoms with E-state index >= 15 is 0 Å². The Morgan fingerprint density at radius 2 is 1.86 bits per heavy atom. The minimum atomic E-state index is 0.354. The van der Waals surface area contributed by atoms with E-state index in [0.29, 0.717) is 5.75 Å². The fourth-order valence-electron chi connectivity index (χ4n) is 2.96. The lowest BCUT2D eigenvalue weighted by atomic mass is 10.0. The average molecular weight is 283 g/mol. The number of hydrogen-bond donors (Lipinski definition) is 2. The second kappa shape index (κ2) is 5.35. The lowest BCUT2D eigenvalue weighted by Crippen LogP contribution is -2.06. The maximum Gasteiger partial charge on any atom is 0.161 e. The maximum atomic E-state index is 9.92. The molecule has 4 heteroatoms. The van der Waals surface area contributed by atoms with Crippen molar-refractivity contribution in [3.8, 4) is 17.1 Å². The minimum absolute atomic E-state index is 0.354. The van der Waals surface area contributed by atoms with Gasteiger partial charge in [-0.3, -0.25) is 0 Å². The van der Waals surface area contributed by atoms with Gasteiger partial charge in [0.1, 0.15) is 11.6 Å². The summed E-state index contributed by atoms with van der Waals surface area (Å²) in [5.74, 6) is 2.07. The van der Waals surface area contributed by atoms with Crippen LogP contribution < -0.4 is 5.32 Å². The molecular weight excluding hydrogens is 262 g/mol. The number of rotatable bonds is 3. The third-order valence-electron chi connectivity index (χ3n) is 4.03. The molecule has 0 radical (unpaired) electrons. The highest BCUT2D eigenvalue weighted by molar-refractivity contribution is 5.64. The van der Waals surface area contributed by atoms with Crippen molar-refractivity contribution >= 4 is 5.82 Å². The molecule has 2 aromatic rings. The van der Waals surface area contributed by atoms with Gasteiger partial charge in [0.25, 0.3) is 0 Å². The zero-order valence-electron chi connectivity index (χ0n) is 12.8. The summed E-state index contributed by atoms with van der Waals surface area (Å²) < 4.78 is 0. The molecule has 21 heavy (non-hydrogen) atoms. The highest BCUT2D eigenvalue weighted by atomic mass is 16.3. The zero-order chi connectivity index (χ0) is 15.0. The van der Waals surface area contributed by atoms with Crippen molar-refractivity contribution in [2.75, 3.05) is 11.9 Å². The number of aryl methyl sites for hydroxylation is 3. The first kappa shape index (κ1) is 13.9. The predicted molar refractivity (Wildman–Crippen MR) is 84.8 cm³/mol. The summed E-state index contributed by atoms with van der Waals surface area (Å²) in [6, 6.07) is 3.91. The van der Waals surface area contributed by atoms with Gasteiger partial charge in [0, 0.05) is 23.4 Å². The summed E-state index contributed by atoms with van der Waals surface area (Å²) >= 11 is 0. The normalized spacial score (nSPS) is 13.3. The van der Waals surface area contributed by atoms with Crippen molar-refractivity contribution in [1.82, 2.24) is 9.97 Å². The molecule has 0 saturated carbocycles. The molecule has 3 rings (SSSR count). The molecule has 1 aromatic carbocycles. The second-order valence-electron chi connectivity index (χ2n) is 5.66. The van der Waals surface area contributed by atoms with Crippen LogP contribution in [0.1, 0.15) is 35.7 Å². The SMILES string of the molecule is CCNc1nc(-c2cc(C)c(O)c(C)c2)nc2c1CCC2. The van der Waals surface area contributed by atoms with Gasteiger partial charge in [0.15, 0.2) is 5.82 Å². The third-order valence-corrected chi connectivity index (χ3v) is 4.03. The lowest BCUT2D eigenvalue weighted by Gasteiger charge is -2.12. The molecule has 0 unspecified atom stereocenters. The molecule has 1 aromatic heterocycles. The molecule has 0 amide bonds. The van der Waals surface area contributed by atoms with Crippen LogP contribution in [0.3, 0.4) is 0 Å². The van der Waals surface area contributed by atoms with Gasteiger partial charge in [-0.2, -0.15) is 0 Å². The van der Waals surface area contributed by atoms with Crippen LogP contribution in [-0.4, -0.2) is 21.6 Å². The molecule has 2 N–H and O–H groups in total. The van der Waals surface area contributed by atoms with E-state index in [9.17, 15) is 5.11 Å². The molecule has 0 fully saturated rings. The monoisotopic (exact) mass is 283 g/mol. The molecular formula is C17H21N3O. The Morgan fingerprint density at radius 1 is 1.14 bits per heavy atom. The van der Waals surface area contributed by atoms with Gasteiger partial charge in [0.2, 0.25) is 0 Å². The largest absolute Gasteiger partial charge is 0.507 e. The smallest absolute Gasteiger partial charge is 0.161 e. The molecule has 1 aliphatic rings. The standard InChI is InChI=1S/C17H21N3O/c1-4-18-17-13-6-5-7-14(13)19-16(20-17)12-8-10(2)15(21)11(3)9-12/h8-9,21H,4-7H2,1-3H3,(H,18,19,20). The van der Waals surface area contributed by atoms with Crippen LogP contribution >= 0.6 is 0 Å². The molecule has 4 nitrogen and oxygen atoms in total. The Balaban J connectivity index is 2.13. The van der Waals surface area contributed by atoms with Gasteiger partial charge in [-0.05, 0) is 63.3 Å². The quantitative estimate of drug-likeness (QED) is 0.906. The van der Waals surface area contributed by atoms with E-state index in [-0.39, 0.29) is 0 Å². The summed E-state index contributed by atoms with van der Waals surface area (Å²) in [7, 11) is 0. The number of nitrogens with one attached hydrogen (secondary N) is 1. The van der Waals surface area contributed by atoms with Crippen molar-refractivity contribution in [3.05, 3.63) is 34.5 Å². The van der Waals surface area contributed by atoms with Crippen molar-refractivity contribution in [2.45, 2.75) is 40.0 Å². The summed E-state index contributed by atoms with van der Waals surface area (Å²) in [6.07, 6.45) is 3.24. The van der Waals surface area contributed by atoms with E-state index in [0.717, 1.165) is 54.1 Å². The van der Waals surface area contributed by atoms with Gasteiger partial charge in [-0.15, -0.1) is 0 Å². The molecule has 1 aliphatic carbocycles. The molecule has 1 heterocycles. The fourth-order valence-corrected chi connectivity index (χ4v) is 2.96. The van der Waals surface area contributed by atoms with Crippen LogP contribution in [0.25, 0.3) is 11.4 Å². The number of aromatic hydroxyl groups is 1. The van der Waals surface area contributed by atoms with E-state index < -0.39 is 0 Å². The van der Waals surface area contributed by atoms with E-state index in [1.807, 2.05) is 26.0 Å². The molecule has 110 valence electrons. The molecule has 0 spiro atoms. The third kappa shape index (κ3) is 2.46. The summed E-state index contributed by atoms with van der Waals surface area (Å²) in [5.41, 5.74) is 5.13. The Morgan fingerprint density at radius 3 is 2.52 bits per heavy atom. The zero-order valence-corrected chi connectivity index (χ0v) is 12.8. The number of nitrogens with zero attached hydrogens (tertiary/aromatic N) is 2. The Labute approximate surface area is 125 Å². The summed E-state index contributed by atoms with van der Waals surface area (Å²) in [6.45, 7) is 6.75. The van der Waals surface area contributed by atoms with Gasteiger partial charge >= 0.3 is 0 Å². The van der Waals surface area contributed by atoms with Crippen molar-refractivity contribution < 1.29 is 5.11 Å². The van der Waals surface area contributed by atoms with Crippen molar-refractivity contribution in [1.29, 1.82) is 0 Å². The van der Waals surface area contributed by atoms with Crippen molar-refractivity contribution in [3.63, 3.8) is 0 Å². The molecule has 0 saturated heterocycles. The van der Waals surface area contributed by atoms with Crippen LogP contribution in [0.2, 0.25) is 0 Å². The first-order valence-corrected chi connectivity index (χ1v) is 7.54. The number of fused-ring (bicyclic) bond motifs is 1. The van der Waals surface area contributed by atoms with Crippen LogP contribution in [0.5, 0.6) is 5.75 Å². The van der Waals surface area contributed by atoms with Crippen LogP contribution in [0.15, 0.2) is 12.1 Å². The Bertz CT molecular complexity index is 672. The maximum absolute atomic E-state index is 9.92. The predicted octanol–water partition coefficient (Wildman–Crippen LogP) is 3.39. The number of aromatic nitrogens is 2. The average Bonchev–Trinajstić information content (AvgIpc) is 2.93. The first-order chi connectivity index (χ1) is 10.1. The number of benzene rings is 1. The van der Waals surface area contributed by atoms with Gasteiger partial charge < -0.3 is 10.4 Å². The van der Waals surface area contributed by atoms with E-state index in [4.69, 9.17) is 9.97 Å². The van der Waals surface area contributed by atoms with Gasteiger partial charge in [-0.1, -0.05) is 0 Å². The van der Waals surface area contributed by atoms with Gasteiger partial charge in [-0.25, -0.2) is 9.97 Å². The minimum Gasteiger partial charge on any atom is -0.507 e. The molecule has 0 atom stereocenters. The van der Waals surface area contributed by atoms with Crippen LogP contribution in [-0.2, 0) is 12.8 Å². The Kier molecular flexibility index (Phi) is 3.53. The Hall–Kier alpha value is -2.10. The summed E-state index contributed by atoms with van der Waals surface area (Å²) in [5, 5.41) is 13.3. The highest BCUT2D eigenvalue weighted by Crippen LogP contribution is 2.32. The van der Waals surface area contributed by atoms with E-state index in [1.54, 1.807) is 0 Å².